The third-order valence-corrected chi connectivity index (χ3v) is 2.91. The second-order valence-corrected chi connectivity index (χ2v) is 4.01. The first-order chi connectivity index (χ1) is 6.74. The number of fused-ring (bicyclic) bond motifs is 1. The van der Waals surface area contributed by atoms with Crippen LogP contribution < -0.4 is 10.3 Å². The molecule has 0 radical (unpaired) electrons. The van der Waals surface area contributed by atoms with E-state index < -0.39 is 0 Å². The molecule has 2 aromatic rings. The average Bonchev–Trinajstić information content (AvgIpc) is 2.23. The van der Waals surface area contributed by atoms with Crippen molar-refractivity contribution in [3.8, 4) is 5.75 Å². The van der Waals surface area contributed by atoms with E-state index in [1.165, 1.54) is 0 Å². The zero-order chi connectivity index (χ0) is 10.1. The van der Waals surface area contributed by atoms with Crippen molar-refractivity contribution < 1.29 is 4.74 Å². The number of nitrogens with one attached hydrogen (secondary N) is 1. The molecular formula is C10H8INO2. The van der Waals surface area contributed by atoms with Gasteiger partial charge in [-0.1, -0.05) is 6.07 Å². The number of ether oxygens (including phenoxy) is 1. The molecule has 1 aromatic heterocycles. The van der Waals surface area contributed by atoms with E-state index >= 15 is 0 Å². The lowest BCUT2D eigenvalue weighted by molar-refractivity contribution is 0.419. The summed E-state index contributed by atoms with van der Waals surface area (Å²) in [5.41, 5.74) is -0.0840. The van der Waals surface area contributed by atoms with Crippen LogP contribution in [-0.4, -0.2) is 12.1 Å². The van der Waals surface area contributed by atoms with Crippen LogP contribution in [0.4, 0.5) is 0 Å². The fourth-order valence-electron chi connectivity index (χ4n) is 1.42. The molecule has 1 aromatic carbocycles. The molecule has 72 valence electrons. The van der Waals surface area contributed by atoms with E-state index in [9.17, 15) is 4.79 Å². The number of hydrogen-bond acceptors (Lipinski definition) is 2. The van der Waals surface area contributed by atoms with Gasteiger partial charge in [-0.3, -0.25) is 4.79 Å². The molecule has 0 unspecified atom stereocenters. The van der Waals surface area contributed by atoms with Gasteiger partial charge < -0.3 is 9.72 Å². The molecule has 3 nitrogen and oxygen atoms in total. The van der Waals surface area contributed by atoms with Crippen LogP contribution in [0.25, 0.3) is 10.8 Å². The minimum absolute atomic E-state index is 0.0840. The van der Waals surface area contributed by atoms with Crippen molar-refractivity contribution in [1.82, 2.24) is 4.98 Å². The van der Waals surface area contributed by atoms with E-state index in [2.05, 4.69) is 27.6 Å². The summed E-state index contributed by atoms with van der Waals surface area (Å²) in [5.74, 6) is 0.734. The molecule has 0 amide bonds. The number of hydrogen-bond donors (Lipinski definition) is 1. The Hall–Kier alpha value is -1.04. The minimum atomic E-state index is -0.0840. The van der Waals surface area contributed by atoms with Gasteiger partial charge in [0.25, 0.3) is 5.56 Å². The second kappa shape index (κ2) is 3.61. The quantitative estimate of drug-likeness (QED) is 0.820. The topological polar surface area (TPSA) is 42.1 Å². The first-order valence-electron chi connectivity index (χ1n) is 4.08. The first-order valence-corrected chi connectivity index (χ1v) is 5.16. The van der Waals surface area contributed by atoms with E-state index in [0.717, 1.165) is 14.7 Å². The van der Waals surface area contributed by atoms with Crippen LogP contribution in [0.1, 0.15) is 0 Å². The maximum Gasteiger partial charge on any atom is 0.256 e. The highest BCUT2D eigenvalue weighted by atomic mass is 127. The van der Waals surface area contributed by atoms with Crippen LogP contribution in [0.15, 0.2) is 29.2 Å². The van der Waals surface area contributed by atoms with E-state index in [1.807, 2.05) is 12.1 Å². The molecule has 0 aliphatic carbocycles. The number of methoxy groups -OCH3 is 1. The van der Waals surface area contributed by atoms with Crippen molar-refractivity contribution in [3.63, 3.8) is 0 Å². The Balaban J connectivity index is 2.99. The van der Waals surface area contributed by atoms with Crippen molar-refractivity contribution in [2.75, 3.05) is 7.11 Å². The summed E-state index contributed by atoms with van der Waals surface area (Å²) in [6.45, 7) is 0. The summed E-state index contributed by atoms with van der Waals surface area (Å²) in [7, 11) is 1.60. The summed E-state index contributed by atoms with van der Waals surface area (Å²) in [6, 6.07) is 5.45. The lowest BCUT2D eigenvalue weighted by Crippen LogP contribution is -2.06. The Labute approximate surface area is 94.2 Å². The molecule has 0 aliphatic heterocycles. The van der Waals surface area contributed by atoms with Gasteiger partial charge in [0.15, 0.2) is 0 Å². The lowest BCUT2D eigenvalue weighted by atomic mass is 10.1. The first kappa shape index (κ1) is 9.51. The molecule has 1 N–H and O–H groups in total. The Morgan fingerprint density at radius 3 is 2.93 bits per heavy atom. The molecule has 0 saturated carbocycles. The van der Waals surface area contributed by atoms with Gasteiger partial charge in [-0.15, -0.1) is 0 Å². The largest absolute Gasteiger partial charge is 0.496 e. The van der Waals surface area contributed by atoms with Crippen LogP contribution in [0, 0.1) is 3.57 Å². The monoisotopic (exact) mass is 301 g/mol. The summed E-state index contributed by atoms with van der Waals surface area (Å²) in [4.78, 5) is 14.2. The molecule has 0 atom stereocenters. The molecule has 14 heavy (non-hydrogen) atoms. The summed E-state index contributed by atoms with van der Waals surface area (Å²) < 4.78 is 6.19. The van der Waals surface area contributed by atoms with E-state index in [4.69, 9.17) is 4.74 Å². The molecule has 0 aliphatic rings. The van der Waals surface area contributed by atoms with Crippen molar-refractivity contribution in [2.24, 2.45) is 0 Å². The Kier molecular flexibility index (Phi) is 2.45. The van der Waals surface area contributed by atoms with Crippen molar-refractivity contribution in [3.05, 3.63) is 38.3 Å². The van der Waals surface area contributed by atoms with Gasteiger partial charge in [0.05, 0.1) is 12.5 Å². The number of aromatic nitrogens is 1. The highest BCUT2D eigenvalue weighted by molar-refractivity contribution is 14.1. The summed E-state index contributed by atoms with van der Waals surface area (Å²) in [5, 5.41) is 1.54. The fourth-order valence-corrected chi connectivity index (χ4v) is 2.13. The lowest BCUT2D eigenvalue weighted by Gasteiger charge is -2.05. The maximum atomic E-state index is 11.5. The smallest absolute Gasteiger partial charge is 0.256 e. The van der Waals surface area contributed by atoms with Gasteiger partial charge >= 0.3 is 0 Å². The van der Waals surface area contributed by atoms with E-state index in [-0.39, 0.29) is 5.56 Å². The van der Waals surface area contributed by atoms with Gasteiger partial charge in [0, 0.05) is 15.2 Å². The average molecular weight is 301 g/mol. The van der Waals surface area contributed by atoms with Gasteiger partial charge in [0.2, 0.25) is 0 Å². The predicted octanol–water partition coefficient (Wildman–Crippen LogP) is 2.14. The molecule has 0 fully saturated rings. The standard InChI is InChI=1S/C10H8INO2/c1-14-8-4-2-3-6-9(8)7(11)5-12-10(6)13/h2-5H,1H3,(H,12,13). The van der Waals surface area contributed by atoms with Crippen LogP contribution >= 0.6 is 22.6 Å². The van der Waals surface area contributed by atoms with Gasteiger partial charge in [-0.05, 0) is 34.7 Å². The zero-order valence-electron chi connectivity index (χ0n) is 7.50. The van der Waals surface area contributed by atoms with Crippen LogP contribution in [-0.2, 0) is 0 Å². The highest BCUT2D eigenvalue weighted by Gasteiger charge is 2.07. The third kappa shape index (κ3) is 1.39. The van der Waals surface area contributed by atoms with Gasteiger partial charge in [-0.2, -0.15) is 0 Å². The zero-order valence-corrected chi connectivity index (χ0v) is 9.66. The number of aromatic amines is 1. The molecule has 0 spiro atoms. The number of halogens is 1. The number of rotatable bonds is 1. The summed E-state index contributed by atoms with van der Waals surface area (Å²) >= 11 is 2.17. The molecular weight excluding hydrogens is 293 g/mol. The molecule has 0 saturated heterocycles. The van der Waals surface area contributed by atoms with Crippen molar-refractivity contribution >= 4 is 33.4 Å². The SMILES string of the molecule is COc1cccc2c(=O)[nH]cc(I)c12. The van der Waals surface area contributed by atoms with Crippen LogP contribution in [0.2, 0.25) is 0 Å². The third-order valence-electron chi connectivity index (χ3n) is 2.06. The minimum Gasteiger partial charge on any atom is -0.496 e. The Morgan fingerprint density at radius 1 is 1.43 bits per heavy atom. The maximum absolute atomic E-state index is 11.5. The van der Waals surface area contributed by atoms with E-state index in [0.29, 0.717) is 5.39 Å². The summed E-state index contributed by atoms with van der Waals surface area (Å²) in [6.07, 6.45) is 1.69. The second-order valence-electron chi connectivity index (χ2n) is 2.85. The van der Waals surface area contributed by atoms with Gasteiger partial charge in [0.1, 0.15) is 5.75 Å². The Bertz CT molecular complexity index is 533. The van der Waals surface area contributed by atoms with E-state index in [1.54, 1.807) is 19.4 Å². The van der Waals surface area contributed by atoms with Crippen molar-refractivity contribution in [1.29, 1.82) is 0 Å². The number of pyridine rings is 1. The van der Waals surface area contributed by atoms with Crippen molar-refractivity contribution in [2.45, 2.75) is 0 Å². The molecule has 4 heteroatoms. The van der Waals surface area contributed by atoms with Crippen LogP contribution in [0.5, 0.6) is 5.75 Å². The predicted molar refractivity (Wildman–Crippen MR) is 63.8 cm³/mol. The molecule has 0 bridgehead atoms. The number of H-pyrrole nitrogens is 1. The highest BCUT2D eigenvalue weighted by Crippen LogP contribution is 2.26. The fraction of sp³-hybridized carbons (Fsp3) is 0.100. The van der Waals surface area contributed by atoms with Gasteiger partial charge in [-0.25, -0.2) is 0 Å². The van der Waals surface area contributed by atoms with Crippen LogP contribution in [0.3, 0.4) is 0 Å². The number of benzene rings is 1. The molecule has 2 rings (SSSR count). The Morgan fingerprint density at radius 2 is 2.21 bits per heavy atom. The molecule has 1 heterocycles. The normalized spacial score (nSPS) is 10.4.